The number of thiophene rings is 1. The molecule has 0 unspecified atom stereocenters. The van der Waals surface area contributed by atoms with Gasteiger partial charge in [0.05, 0.1) is 14.0 Å². The molecular weight excluding hydrogens is 342 g/mol. The number of nitrogens with one attached hydrogen (secondary N) is 1. The van der Waals surface area contributed by atoms with Gasteiger partial charge in [0.2, 0.25) is 0 Å². The van der Waals surface area contributed by atoms with E-state index in [0.717, 1.165) is 34.0 Å². The Labute approximate surface area is 127 Å². The fraction of sp³-hybridized carbons (Fsp3) is 0.154. The first kappa shape index (κ1) is 12.9. The van der Waals surface area contributed by atoms with E-state index in [9.17, 15) is 0 Å². The molecule has 0 amide bonds. The summed E-state index contributed by atoms with van der Waals surface area (Å²) in [6.07, 6.45) is 1.01. The number of hydrogen-bond donors (Lipinski definition) is 2. The zero-order valence-electron chi connectivity index (χ0n) is 10.0. The minimum atomic E-state index is 0.783. The van der Waals surface area contributed by atoms with Crippen molar-refractivity contribution in [2.45, 2.75) is 6.42 Å². The Bertz CT molecular complexity index is 705. The van der Waals surface area contributed by atoms with E-state index in [1.165, 1.54) is 8.66 Å². The molecule has 0 aliphatic rings. The lowest BCUT2D eigenvalue weighted by atomic mass is 10.3. The van der Waals surface area contributed by atoms with Crippen molar-refractivity contribution in [1.82, 2.24) is 4.98 Å². The summed E-state index contributed by atoms with van der Waals surface area (Å²) in [5, 5.41) is 4.32. The van der Waals surface area contributed by atoms with Gasteiger partial charge < -0.3 is 11.1 Å². The van der Waals surface area contributed by atoms with E-state index in [2.05, 4.69) is 38.4 Å². The molecule has 0 saturated carbocycles. The van der Waals surface area contributed by atoms with Crippen molar-refractivity contribution in [3.8, 4) is 0 Å². The topological polar surface area (TPSA) is 50.9 Å². The van der Waals surface area contributed by atoms with Gasteiger partial charge in [-0.1, -0.05) is 11.3 Å². The quantitative estimate of drug-likeness (QED) is 0.685. The number of fused-ring (bicyclic) bond motifs is 1. The van der Waals surface area contributed by atoms with Crippen LogP contribution in [-0.4, -0.2) is 11.5 Å². The second-order valence-electron chi connectivity index (χ2n) is 4.13. The standard InChI is InChI=1S/C13H12BrN3S2/c14-12-4-2-9(18-12)5-6-16-13-17-10-3-1-8(15)7-11(10)19-13/h1-4,7H,5-6,15H2,(H,16,17). The van der Waals surface area contributed by atoms with Crippen LogP contribution in [-0.2, 0) is 6.42 Å². The maximum absolute atomic E-state index is 5.77. The van der Waals surface area contributed by atoms with Gasteiger partial charge in [-0.15, -0.1) is 11.3 Å². The van der Waals surface area contributed by atoms with Gasteiger partial charge in [0.1, 0.15) is 0 Å². The lowest BCUT2D eigenvalue weighted by molar-refractivity contribution is 1.04. The van der Waals surface area contributed by atoms with E-state index in [-0.39, 0.29) is 0 Å². The molecule has 0 aliphatic heterocycles. The van der Waals surface area contributed by atoms with Crippen LogP contribution in [0.4, 0.5) is 10.8 Å². The molecule has 98 valence electrons. The smallest absolute Gasteiger partial charge is 0.183 e. The molecule has 0 radical (unpaired) electrons. The Hall–Kier alpha value is -1.11. The lowest BCUT2D eigenvalue weighted by Crippen LogP contribution is -2.03. The highest BCUT2D eigenvalue weighted by molar-refractivity contribution is 9.11. The van der Waals surface area contributed by atoms with Crippen molar-refractivity contribution >= 4 is 59.6 Å². The molecule has 2 aromatic heterocycles. The first-order chi connectivity index (χ1) is 9.20. The summed E-state index contributed by atoms with van der Waals surface area (Å²) in [5.74, 6) is 0. The molecule has 0 saturated heterocycles. The van der Waals surface area contributed by atoms with E-state index in [1.807, 2.05) is 18.2 Å². The monoisotopic (exact) mass is 353 g/mol. The van der Waals surface area contributed by atoms with Crippen molar-refractivity contribution in [2.75, 3.05) is 17.6 Å². The maximum Gasteiger partial charge on any atom is 0.183 e. The van der Waals surface area contributed by atoms with Crippen molar-refractivity contribution in [1.29, 1.82) is 0 Å². The van der Waals surface area contributed by atoms with E-state index >= 15 is 0 Å². The maximum atomic E-state index is 5.77. The third-order valence-electron chi connectivity index (χ3n) is 2.69. The second kappa shape index (κ2) is 5.48. The number of anilines is 2. The summed E-state index contributed by atoms with van der Waals surface area (Å²) in [6, 6.07) is 10.0. The third-order valence-corrected chi connectivity index (χ3v) is 5.35. The van der Waals surface area contributed by atoms with Crippen LogP contribution in [0.2, 0.25) is 0 Å². The van der Waals surface area contributed by atoms with E-state index in [1.54, 1.807) is 22.7 Å². The number of aromatic nitrogens is 1. The van der Waals surface area contributed by atoms with Crippen LogP contribution in [0.25, 0.3) is 10.2 Å². The van der Waals surface area contributed by atoms with Crippen LogP contribution in [0.3, 0.4) is 0 Å². The summed E-state index contributed by atoms with van der Waals surface area (Å²) in [4.78, 5) is 5.90. The summed E-state index contributed by atoms with van der Waals surface area (Å²) < 4.78 is 2.30. The number of halogens is 1. The molecule has 2 heterocycles. The van der Waals surface area contributed by atoms with Gasteiger partial charge in [-0.05, 0) is 52.7 Å². The van der Waals surface area contributed by atoms with Crippen molar-refractivity contribution in [3.63, 3.8) is 0 Å². The number of rotatable bonds is 4. The summed E-state index contributed by atoms with van der Waals surface area (Å²) in [5.41, 5.74) is 7.55. The van der Waals surface area contributed by atoms with Crippen LogP contribution >= 0.6 is 38.6 Å². The normalized spacial score (nSPS) is 11.0. The van der Waals surface area contributed by atoms with Gasteiger partial charge in [-0.3, -0.25) is 0 Å². The molecule has 3 aromatic rings. The van der Waals surface area contributed by atoms with Crippen molar-refractivity contribution < 1.29 is 0 Å². The van der Waals surface area contributed by atoms with Crippen molar-refractivity contribution in [2.24, 2.45) is 0 Å². The van der Waals surface area contributed by atoms with Gasteiger partial charge in [-0.2, -0.15) is 0 Å². The van der Waals surface area contributed by atoms with Crippen LogP contribution in [0.15, 0.2) is 34.1 Å². The Morgan fingerprint density at radius 2 is 2.11 bits per heavy atom. The predicted molar refractivity (Wildman–Crippen MR) is 88.2 cm³/mol. The summed E-state index contributed by atoms with van der Waals surface area (Å²) in [6.45, 7) is 0.891. The molecule has 0 bridgehead atoms. The minimum Gasteiger partial charge on any atom is -0.399 e. The zero-order valence-corrected chi connectivity index (χ0v) is 13.2. The molecule has 6 heteroatoms. The Morgan fingerprint density at radius 3 is 2.89 bits per heavy atom. The van der Waals surface area contributed by atoms with Crippen LogP contribution in [0.5, 0.6) is 0 Å². The minimum absolute atomic E-state index is 0.783. The lowest BCUT2D eigenvalue weighted by Gasteiger charge is -1.99. The highest BCUT2D eigenvalue weighted by Gasteiger charge is 2.04. The molecule has 0 spiro atoms. The largest absolute Gasteiger partial charge is 0.399 e. The molecule has 0 aliphatic carbocycles. The third kappa shape index (κ3) is 3.08. The predicted octanol–water partition coefficient (Wildman–Crippen LogP) is 4.36. The molecular formula is C13H12BrN3S2. The molecule has 3 nitrogen and oxygen atoms in total. The van der Waals surface area contributed by atoms with Crippen LogP contribution in [0.1, 0.15) is 4.88 Å². The van der Waals surface area contributed by atoms with Gasteiger partial charge >= 0.3 is 0 Å². The number of thiazole rings is 1. The summed E-state index contributed by atoms with van der Waals surface area (Å²) in [7, 11) is 0. The fourth-order valence-electron chi connectivity index (χ4n) is 1.80. The van der Waals surface area contributed by atoms with Crippen LogP contribution < -0.4 is 11.1 Å². The highest BCUT2D eigenvalue weighted by atomic mass is 79.9. The van der Waals surface area contributed by atoms with Gasteiger partial charge in [0.15, 0.2) is 5.13 Å². The molecule has 19 heavy (non-hydrogen) atoms. The molecule has 3 N–H and O–H groups in total. The van der Waals surface area contributed by atoms with Gasteiger partial charge in [0, 0.05) is 17.1 Å². The molecule has 0 atom stereocenters. The average molecular weight is 354 g/mol. The molecule has 3 rings (SSSR count). The Kier molecular flexibility index (Phi) is 3.72. The van der Waals surface area contributed by atoms with Gasteiger partial charge in [0.25, 0.3) is 0 Å². The van der Waals surface area contributed by atoms with Crippen LogP contribution in [0, 0.1) is 0 Å². The zero-order chi connectivity index (χ0) is 13.2. The first-order valence-corrected chi connectivity index (χ1v) is 8.27. The van der Waals surface area contributed by atoms with E-state index in [4.69, 9.17) is 5.73 Å². The molecule has 1 aromatic carbocycles. The number of nitrogen functional groups attached to an aromatic ring is 1. The number of nitrogens with zero attached hydrogens (tertiary/aromatic N) is 1. The summed E-state index contributed by atoms with van der Waals surface area (Å²) >= 11 is 6.89. The van der Waals surface area contributed by atoms with E-state index < -0.39 is 0 Å². The Balaban J connectivity index is 1.65. The fourth-order valence-corrected chi connectivity index (χ4v) is 4.22. The SMILES string of the molecule is Nc1ccc2nc(NCCc3ccc(Br)s3)sc2c1. The van der Waals surface area contributed by atoms with Crippen molar-refractivity contribution in [3.05, 3.63) is 39.0 Å². The first-order valence-electron chi connectivity index (χ1n) is 5.85. The second-order valence-corrected chi connectivity index (χ2v) is 7.71. The highest BCUT2D eigenvalue weighted by Crippen LogP contribution is 2.27. The number of benzene rings is 1. The van der Waals surface area contributed by atoms with Gasteiger partial charge in [-0.25, -0.2) is 4.98 Å². The molecule has 0 fully saturated rings. The number of nitrogens with two attached hydrogens (primary N) is 1. The number of hydrogen-bond acceptors (Lipinski definition) is 5. The Morgan fingerprint density at radius 1 is 1.21 bits per heavy atom. The van der Waals surface area contributed by atoms with E-state index in [0.29, 0.717) is 0 Å². The average Bonchev–Trinajstić information content (AvgIpc) is 2.95.